The predicted octanol–water partition coefficient (Wildman–Crippen LogP) is 0.696. The fourth-order valence-corrected chi connectivity index (χ4v) is 5.45. The summed E-state index contributed by atoms with van der Waals surface area (Å²) in [5, 5.41) is 9.29. The van der Waals surface area contributed by atoms with Crippen LogP contribution in [0.25, 0.3) is 0 Å². The summed E-state index contributed by atoms with van der Waals surface area (Å²) < 4.78 is 6.07. The zero-order valence-electron chi connectivity index (χ0n) is 17.7. The maximum absolute atomic E-state index is 12.8. The van der Waals surface area contributed by atoms with Crippen LogP contribution in [0.4, 0.5) is 0 Å². The summed E-state index contributed by atoms with van der Waals surface area (Å²) in [6, 6.07) is 5.31. The highest BCUT2D eigenvalue weighted by Crippen LogP contribution is 2.40. The molecule has 1 spiro atoms. The molecule has 4 aliphatic rings. The molecule has 8 nitrogen and oxygen atoms in total. The fourth-order valence-electron chi connectivity index (χ4n) is 5.45. The Balaban J connectivity index is 1.15. The number of ether oxygens (including phenoxy) is 1. The Morgan fingerprint density at radius 1 is 1.19 bits per heavy atom. The van der Waals surface area contributed by atoms with Gasteiger partial charge in [-0.05, 0) is 61.4 Å². The van der Waals surface area contributed by atoms with Crippen molar-refractivity contribution in [1.29, 1.82) is 0 Å². The van der Waals surface area contributed by atoms with Crippen molar-refractivity contribution in [2.24, 2.45) is 5.41 Å². The first kappa shape index (κ1) is 20.6. The first-order valence-electron chi connectivity index (χ1n) is 11.3. The van der Waals surface area contributed by atoms with Crippen molar-refractivity contribution in [3.05, 3.63) is 34.9 Å². The zero-order valence-corrected chi connectivity index (χ0v) is 17.7. The first-order valence-corrected chi connectivity index (χ1v) is 11.3. The van der Waals surface area contributed by atoms with Gasteiger partial charge >= 0.3 is 0 Å². The van der Waals surface area contributed by atoms with E-state index in [2.05, 4.69) is 22.0 Å². The molecule has 31 heavy (non-hydrogen) atoms. The number of carbonyl (C=O) groups is 3. The Hall–Kier alpha value is -2.29. The van der Waals surface area contributed by atoms with E-state index >= 15 is 0 Å². The Kier molecular flexibility index (Phi) is 5.54. The normalized spacial score (nSPS) is 27.6. The first-order chi connectivity index (χ1) is 15.0. The molecule has 3 N–H and O–H groups in total. The second-order valence-electron chi connectivity index (χ2n) is 9.41. The van der Waals surface area contributed by atoms with Crippen LogP contribution in [-0.2, 0) is 27.4 Å². The summed E-state index contributed by atoms with van der Waals surface area (Å²) in [6.45, 7) is 5.01. The van der Waals surface area contributed by atoms with Gasteiger partial charge in [0.2, 0.25) is 11.8 Å². The number of carbonyl (C=O) groups excluding carboxylic acids is 3. The van der Waals surface area contributed by atoms with Crippen LogP contribution in [0.5, 0.6) is 0 Å². The Labute approximate surface area is 182 Å². The van der Waals surface area contributed by atoms with Gasteiger partial charge in [-0.3, -0.25) is 19.7 Å². The second kappa shape index (κ2) is 8.33. The number of nitrogens with one attached hydrogen (secondary N) is 3. The molecule has 0 aliphatic carbocycles. The fraction of sp³-hybridized carbons (Fsp3) is 0.609. The maximum atomic E-state index is 12.8. The number of amides is 3. The topological polar surface area (TPSA) is 99.8 Å². The van der Waals surface area contributed by atoms with Gasteiger partial charge in [0, 0.05) is 31.6 Å². The van der Waals surface area contributed by atoms with Crippen molar-refractivity contribution < 1.29 is 19.1 Å². The number of rotatable bonds is 5. The van der Waals surface area contributed by atoms with Crippen LogP contribution in [0.3, 0.4) is 0 Å². The third kappa shape index (κ3) is 4.12. The number of piperidine rings is 2. The summed E-state index contributed by atoms with van der Waals surface area (Å²) in [6.07, 6.45) is 4.45. The van der Waals surface area contributed by atoms with Crippen LogP contribution in [-0.4, -0.2) is 61.0 Å². The molecule has 4 heterocycles. The van der Waals surface area contributed by atoms with E-state index in [9.17, 15) is 14.4 Å². The average molecular weight is 427 g/mol. The van der Waals surface area contributed by atoms with Gasteiger partial charge < -0.3 is 20.3 Å². The van der Waals surface area contributed by atoms with E-state index < -0.39 is 6.04 Å². The molecule has 166 valence electrons. The van der Waals surface area contributed by atoms with Gasteiger partial charge in [0.25, 0.3) is 5.91 Å². The molecule has 5 rings (SSSR count). The minimum atomic E-state index is -0.569. The van der Waals surface area contributed by atoms with Crippen LogP contribution >= 0.6 is 0 Å². The Morgan fingerprint density at radius 3 is 2.84 bits per heavy atom. The smallest absolute Gasteiger partial charge is 0.255 e. The number of hydrogen-bond acceptors (Lipinski definition) is 6. The van der Waals surface area contributed by atoms with Crippen LogP contribution in [0.1, 0.15) is 53.6 Å². The maximum Gasteiger partial charge on any atom is 0.255 e. The molecule has 8 heteroatoms. The lowest BCUT2D eigenvalue weighted by atomic mass is 9.77. The van der Waals surface area contributed by atoms with E-state index in [0.717, 1.165) is 43.8 Å². The average Bonchev–Trinajstić information content (AvgIpc) is 3.29. The van der Waals surface area contributed by atoms with Gasteiger partial charge in [-0.2, -0.15) is 0 Å². The minimum Gasteiger partial charge on any atom is -0.376 e. The van der Waals surface area contributed by atoms with Crippen LogP contribution in [0.2, 0.25) is 0 Å². The lowest BCUT2D eigenvalue weighted by Crippen LogP contribution is -2.52. The molecule has 3 amide bonds. The van der Waals surface area contributed by atoms with Crippen LogP contribution in [0.15, 0.2) is 18.2 Å². The van der Waals surface area contributed by atoms with E-state index in [0.29, 0.717) is 30.5 Å². The Morgan fingerprint density at radius 2 is 2.03 bits per heavy atom. The third-order valence-corrected chi connectivity index (χ3v) is 7.24. The van der Waals surface area contributed by atoms with Crippen molar-refractivity contribution in [3.8, 4) is 0 Å². The number of hydrogen-bond donors (Lipinski definition) is 3. The lowest BCUT2D eigenvalue weighted by Gasteiger charge is -2.32. The van der Waals surface area contributed by atoms with Gasteiger partial charge in [-0.1, -0.05) is 12.1 Å². The molecule has 1 aromatic carbocycles. The highest BCUT2D eigenvalue weighted by atomic mass is 16.5. The number of nitrogens with zero attached hydrogens (tertiary/aromatic N) is 1. The molecule has 0 radical (unpaired) electrons. The highest BCUT2D eigenvalue weighted by Gasteiger charge is 2.41. The molecule has 4 aliphatic heterocycles. The van der Waals surface area contributed by atoms with Gasteiger partial charge in [0.1, 0.15) is 6.04 Å². The third-order valence-electron chi connectivity index (χ3n) is 7.24. The summed E-state index contributed by atoms with van der Waals surface area (Å²) >= 11 is 0. The summed E-state index contributed by atoms with van der Waals surface area (Å²) in [5.41, 5.74) is 3.08. The predicted molar refractivity (Wildman–Crippen MR) is 113 cm³/mol. The van der Waals surface area contributed by atoms with Crippen molar-refractivity contribution >= 4 is 17.7 Å². The number of benzene rings is 1. The van der Waals surface area contributed by atoms with E-state index in [-0.39, 0.29) is 30.2 Å². The van der Waals surface area contributed by atoms with Crippen molar-refractivity contribution in [2.45, 2.75) is 57.3 Å². The monoisotopic (exact) mass is 426 g/mol. The number of imide groups is 1. The molecule has 2 atom stereocenters. The summed E-state index contributed by atoms with van der Waals surface area (Å²) in [5.74, 6) is -0.769. The minimum absolute atomic E-state index is 0.129. The standard InChI is InChI=1S/C23H30N4O4/c28-20-4-3-19(21(29)26-20)27-13-16-9-15(1-2-18(16)22(27)30)11-25-12-17-10-23(14-31-17)5-7-24-8-6-23/h1-2,9,17,19,24-25H,3-8,10-14H2,(H,26,28,29). The molecule has 0 bridgehead atoms. The van der Waals surface area contributed by atoms with Crippen molar-refractivity contribution in [3.63, 3.8) is 0 Å². The molecular weight excluding hydrogens is 396 g/mol. The molecular formula is C23H30N4O4. The van der Waals surface area contributed by atoms with Gasteiger partial charge in [0.15, 0.2) is 0 Å². The SMILES string of the molecule is O=C1CCC(N2Cc3cc(CNCC4CC5(CCNCC5)CO4)ccc3C2=O)C(=O)N1. The molecule has 2 unspecified atom stereocenters. The number of fused-ring (bicyclic) bond motifs is 1. The second-order valence-corrected chi connectivity index (χ2v) is 9.41. The van der Waals surface area contributed by atoms with E-state index in [1.165, 1.54) is 12.8 Å². The van der Waals surface area contributed by atoms with Crippen molar-refractivity contribution in [2.75, 3.05) is 26.2 Å². The van der Waals surface area contributed by atoms with E-state index in [1.807, 2.05) is 12.1 Å². The quantitative estimate of drug-likeness (QED) is 0.600. The molecule has 1 aromatic rings. The molecule has 0 saturated carbocycles. The molecule has 3 fully saturated rings. The van der Waals surface area contributed by atoms with Crippen LogP contribution in [0, 0.1) is 5.41 Å². The summed E-state index contributed by atoms with van der Waals surface area (Å²) in [7, 11) is 0. The summed E-state index contributed by atoms with van der Waals surface area (Å²) in [4.78, 5) is 38.0. The van der Waals surface area contributed by atoms with Gasteiger partial charge in [-0.15, -0.1) is 0 Å². The lowest BCUT2D eigenvalue weighted by molar-refractivity contribution is -0.136. The zero-order chi connectivity index (χ0) is 21.4. The van der Waals surface area contributed by atoms with E-state index in [4.69, 9.17) is 4.74 Å². The van der Waals surface area contributed by atoms with Crippen LogP contribution < -0.4 is 16.0 Å². The van der Waals surface area contributed by atoms with Gasteiger partial charge in [0.05, 0.1) is 12.7 Å². The van der Waals surface area contributed by atoms with Crippen molar-refractivity contribution in [1.82, 2.24) is 20.9 Å². The van der Waals surface area contributed by atoms with Gasteiger partial charge in [-0.25, -0.2) is 0 Å². The Bertz CT molecular complexity index is 896. The van der Waals surface area contributed by atoms with E-state index in [1.54, 1.807) is 4.90 Å². The molecule has 3 saturated heterocycles. The molecule has 0 aromatic heterocycles. The highest BCUT2D eigenvalue weighted by molar-refractivity contribution is 6.05. The largest absolute Gasteiger partial charge is 0.376 e.